The van der Waals surface area contributed by atoms with Gasteiger partial charge in [-0.25, -0.2) is 10.2 Å². The highest BCUT2D eigenvalue weighted by molar-refractivity contribution is 6.05. The number of carbonyl (C=O) groups excluding carboxylic acids is 2. The van der Waals surface area contributed by atoms with Crippen molar-refractivity contribution in [3.8, 4) is 0 Å². The quantitative estimate of drug-likeness (QED) is 0.674. The first-order chi connectivity index (χ1) is 9.56. The van der Waals surface area contributed by atoms with E-state index in [1.807, 2.05) is 25.1 Å². The molecule has 1 aromatic carbocycles. The van der Waals surface area contributed by atoms with E-state index in [1.54, 1.807) is 11.9 Å². The van der Waals surface area contributed by atoms with E-state index in [-0.39, 0.29) is 5.91 Å². The van der Waals surface area contributed by atoms with E-state index in [0.717, 1.165) is 22.5 Å². The van der Waals surface area contributed by atoms with Gasteiger partial charge in [-0.15, -0.1) is 0 Å². The van der Waals surface area contributed by atoms with Crippen molar-refractivity contribution >= 4 is 23.4 Å². The van der Waals surface area contributed by atoms with Crippen LogP contribution < -0.4 is 10.3 Å². The van der Waals surface area contributed by atoms with Crippen LogP contribution in [0.3, 0.4) is 0 Å². The number of nitrogens with zero attached hydrogens (tertiary/aromatic N) is 2. The number of hydrogen-bond donors (Lipinski definition) is 1. The molecule has 0 saturated heterocycles. The summed E-state index contributed by atoms with van der Waals surface area (Å²) < 4.78 is 4.47. The number of hydrazone groups is 1. The number of anilines is 1. The Kier molecular flexibility index (Phi) is 4.02. The molecule has 2 rings (SSSR count). The lowest BCUT2D eigenvalue weighted by atomic mass is 10.0. The van der Waals surface area contributed by atoms with Crippen LogP contribution in [0.5, 0.6) is 0 Å². The van der Waals surface area contributed by atoms with Crippen molar-refractivity contribution in [2.75, 3.05) is 19.1 Å². The number of likely N-dealkylation sites (N-methyl/N-ethyl adjacent to an activating group) is 1. The Labute approximate surface area is 117 Å². The highest BCUT2D eigenvalue weighted by Crippen LogP contribution is 2.28. The molecule has 0 atom stereocenters. The van der Waals surface area contributed by atoms with E-state index in [9.17, 15) is 9.59 Å². The maximum atomic E-state index is 11.7. The van der Waals surface area contributed by atoms with Gasteiger partial charge >= 0.3 is 6.09 Å². The van der Waals surface area contributed by atoms with Crippen LogP contribution in [-0.4, -0.2) is 31.9 Å². The summed E-state index contributed by atoms with van der Waals surface area (Å²) in [5.41, 5.74) is 5.85. The third kappa shape index (κ3) is 2.64. The lowest BCUT2D eigenvalue weighted by molar-refractivity contribution is -0.117. The summed E-state index contributed by atoms with van der Waals surface area (Å²) in [7, 11) is 3.05. The average molecular weight is 275 g/mol. The molecule has 6 nitrogen and oxygen atoms in total. The van der Waals surface area contributed by atoms with Gasteiger partial charge in [0.15, 0.2) is 0 Å². The summed E-state index contributed by atoms with van der Waals surface area (Å²) in [5, 5.41) is 4.04. The van der Waals surface area contributed by atoms with Crippen LogP contribution in [0.15, 0.2) is 23.3 Å². The lowest BCUT2D eigenvalue weighted by Gasteiger charge is -2.11. The summed E-state index contributed by atoms with van der Waals surface area (Å²) in [6.45, 7) is 1.95. The zero-order valence-electron chi connectivity index (χ0n) is 11.8. The number of carbonyl (C=O) groups is 2. The Hall–Kier alpha value is -2.37. The molecule has 1 N–H and O–H groups in total. The molecule has 1 aromatic rings. The standard InChI is InChI=1S/C14H17N3O3/c1-4-11(15-16-14(19)20-3)9-5-6-12-10(7-9)8-13(18)17(12)2/h5-7H,4,8H2,1-3H3,(H,16,19)/b15-11+. The van der Waals surface area contributed by atoms with Crippen molar-refractivity contribution in [2.45, 2.75) is 19.8 Å². The van der Waals surface area contributed by atoms with Crippen molar-refractivity contribution in [2.24, 2.45) is 5.10 Å². The normalized spacial score (nSPS) is 14.2. The number of methoxy groups -OCH3 is 1. The molecular weight excluding hydrogens is 258 g/mol. The van der Waals surface area contributed by atoms with Gasteiger partial charge < -0.3 is 9.64 Å². The maximum Gasteiger partial charge on any atom is 0.427 e. The van der Waals surface area contributed by atoms with Crippen molar-refractivity contribution < 1.29 is 14.3 Å². The molecule has 0 unspecified atom stereocenters. The highest BCUT2D eigenvalue weighted by Gasteiger charge is 2.24. The van der Waals surface area contributed by atoms with E-state index in [4.69, 9.17) is 0 Å². The van der Waals surface area contributed by atoms with E-state index in [1.165, 1.54) is 7.11 Å². The molecule has 1 aliphatic rings. The minimum atomic E-state index is -0.605. The lowest BCUT2D eigenvalue weighted by Crippen LogP contribution is -2.20. The number of fused-ring (bicyclic) bond motifs is 1. The van der Waals surface area contributed by atoms with Gasteiger partial charge in [-0.2, -0.15) is 5.10 Å². The summed E-state index contributed by atoms with van der Waals surface area (Å²) in [6.07, 6.45) is 0.459. The van der Waals surface area contributed by atoms with Crippen LogP contribution in [0.1, 0.15) is 24.5 Å². The van der Waals surface area contributed by atoms with Gasteiger partial charge in [-0.05, 0) is 29.7 Å². The van der Waals surface area contributed by atoms with Gasteiger partial charge in [-0.3, -0.25) is 4.79 Å². The summed E-state index contributed by atoms with van der Waals surface area (Å²) in [4.78, 5) is 24.4. The molecule has 106 valence electrons. The fraction of sp³-hybridized carbons (Fsp3) is 0.357. The Balaban J connectivity index is 2.27. The van der Waals surface area contributed by atoms with Crippen LogP contribution in [0, 0.1) is 0 Å². The van der Waals surface area contributed by atoms with Gasteiger partial charge in [0.05, 0.1) is 19.2 Å². The molecule has 1 aliphatic heterocycles. The molecule has 0 aliphatic carbocycles. The predicted molar refractivity (Wildman–Crippen MR) is 75.9 cm³/mol. The third-order valence-corrected chi connectivity index (χ3v) is 3.29. The zero-order valence-corrected chi connectivity index (χ0v) is 11.8. The summed E-state index contributed by atoms with van der Waals surface area (Å²) >= 11 is 0. The monoisotopic (exact) mass is 275 g/mol. The largest absolute Gasteiger partial charge is 0.452 e. The first-order valence-electron chi connectivity index (χ1n) is 6.37. The second-order valence-electron chi connectivity index (χ2n) is 4.49. The Morgan fingerprint density at radius 3 is 2.90 bits per heavy atom. The van der Waals surface area contributed by atoms with Crippen molar-refractivity contribution in [3.05, 3.63) is 29.3 Å². The number of ether oxygens (including phenoxy) is 1. The molecular formula is C14H17N3O3. The number of rotatable bonds is 3. The number of nitrogens with one attached hydrogen (secondary N) is 1. The van der Waals surface area contributed by atoms with Crippen LogP contribution in [-0.2, 0) is 16.0 Å². The first-order valence-corrected chi connectivity index (χ1v) is 6.37. The minimum absolute atomic E-state index is 0.0832. The average Bonchev–Trinajstić information content (AvgIpc) is 2.74. The SMILES string of the molecule is CC/C(=N\NC(=O)OC)c1ccc2c(c1)CC(=O)N2C. The smallest absolute Gasteiger partial charge is 0.427 e. The van der Waals surface area contributed by atoms with Gasteiger partial charge in [0.1, 0.15) is 0 Å². The Bertz CT molecular complexity index is 581. The fourth-order valence-corrected chi connectivity index (χ4v) is 2.16. The molecule has 0 bridgehead atoms. The zero-order chi connectivity index (χ0) is 14.7. The predicted octanol–water partition coefficient (Wildman–Crippen LogP) is 1.68. The molecule has 0 fully saturated rings. The van der Waals surface area contributed by atoms with E-state index in [2.05, 4.69) is 15.3 Å². The minimum Gasteiger partial charge on any atom is -0.452 e. The molecule has 0 saturated carbocycles. The molecule has 2 amide bonds. The topological polar surface area (TPSA) is 71.0 Å². The Morgan fingerprint density at radius 1 is 1.50 bits per heavy atom. The molecule has 20 heavy (non-hydrogen) atoms. The first kappa shape index (κ1) is 14.0. The molecule has 0 radical (unpaired) electrons. The van der Waals surface area contributed by atoms with Gasteiger partial charge in [-0.1, -0.05) is 13.0 Å². The van der Waals surface area contributed by atoms with Gasteiger partial charge in [0.2, 0.25) is 5.91 Å². The van der Waals surface area contributed by atoms with Crippen LogP contribution in [0.2, 0.25) is 0 Å². The third-order valence-electron chi connectivity index (χ3n) is 3.29. The van der Waals surface area contributed by atoms with E-state index < -0.39 is 6.09 Å². The second-order valence-corrected chi connectivity index (χ2v) is 4.49. The van der Waals surface area contributed by atoms with Gasteiger partial charge in [0.25, 0.3) is 0 Å². The highest BCUT2D eigenvalue weighted by atomic mass is 16.5. The number of hydrogen-bond acceptors (Lipinski definition) is 4. The van der Waals surface area contributed by atoms with Crippen LogP contribution >= 0.6 is 0 Å². The summed E-state index contributed by atoms with van der Waals surface area (Å²) in [5.74, 6) is 0.0832. The number of amides is 2. The molecule has 1 heterocycles. The van der Waals surface area contributed by atoms with Gasteiger partial charge in [0, 0.05) is 12.7 Å². The van der Waals surface area contributed by atoms with Crippen molar-refractivity contribution in [1.29, 1.82) is 0 Å². The van der Waals surface area contributed by atoms with E-state index in [0.29, 0.717) is 12.8 Å². The molecule has 0 aromatic heterocycles. The van der Waals surface area contributed by atoms with Crippen molar-refractivity contribution in [1.82, 2.24) is 5.43 Å². The van der Waals surface area contributed by atoms with Crippen molar-refractivity contribution in [3.63, 3.8) is 0 Å². The maximum absolute atomic E-state index is 11.7. The Morgan fingerprint density at radius 2 is 2.25 bits per heavy atom. The second kappa shape index (κ2) is 5.73. The number of benzene rings is 1. The summed E-state index contributed by atoms with van der Waals surface area (Å²) in [6, 6.07) is 5.74. The molecule has 6 heteroatoms. The molecule has 0 spiro atoms. The van der Waals surface area contributed by atoms with Crippen LogP contribution in [0.25, 0.3) is 0 Å². The van der Waals surface area contributed by atoms with E-state index >= 15 is 0 Å². The fourth-order valence-electron chi connectivity index (χ4n) is 2.16. The van der Waals surface area contributed by atoms with Crippen LogP contribution in [0.4, 0.5) is 10.5 Å².